The highest BCUT2D eigenvalue weighted by Crippen LogP contribution is 2.29. The molecule has 50 heavy (non-hydrogen) atoms. The average molecular weight is 698 g/mol. The summed E-state index contributed by atoms with van der Waals surface area (Å²) < 4.78 is 35.9. The van der Waals surface area contributed by atoms with E-state index in [1.54, 1.807) is 55.6 Å². The van der Waals surface area contributed by atoms with E-state index in [-0.39, 0.29) is 31.6 Å². The zero-order valence-corrected chi connectivity index (χ0v) is 28.9. The predicted octanol–water partition coefficient (Wildman–Crippen LogP) is 5.82. The van der Waals surface area contributed by atoms with Crippen molar-refractivity contribution in [2.75, 3.05) is 23.5 Å². The zero-order valence-electron chi connectivity index (χ0n) is 28.1. The minimum atomic E-state index is -3.75. The Bertz CT molecular complexity index is 2140. The number of imide groups is 1. The number of aryl methyl sites for hydroxylation is 1. The van der Waals surface area contributed by atoms with Crippen LogP contribution in [0.5, 0.6) is 5.75 Å². The fourth-order valence-corrected chi connectivity index (χ4v) is 7.24. The maximum atomic E-state index is 14.5. The number of nitrogens with one attached hydrogen (secondary N) is 2. The van der Waals surface area contributed by atoms with Crippen molar-refractivity contribution in [2.45, 2.75) is 45.8 Å². The number of aromatic nitrogens is 1. The minimum Gasteiger partial charge on any atom is -0.497 e. The van der Waals surface area contributed by atoms with Gasteiger partial charge >= 0.3 is 6.09 Å². The second-order valence-electron chi connectivity index (χ2n) is 12.1. The fourth-order valence-electron chi connectivity index (χ4n) is 5.87. The number of carbonyl (C=O) groups is 4. The van der Waals surface area contributed by atoms with Crippen LogP contribution in [0.4, 0.5) is 10.5 Å². The Hall–Kier alpha value is -5.49. The number of carbonyl (C=O) groups excluding carboxylic acids is 4. The largest absolute Gasteiger partial charge is 0.497 e. The molecule has 0 unspecified atom stereocenters. The molecule has 12 heteroatoms. The van der Waals surface area contributed by atoms with Crippen molar-refractivity contribution in [3.8, 4) is 5.75 Å². The predicted molar refractivity (Wildman–Crippen MR) is 192 cm³/mol. The van der Waals surface area contributed by atoms with Crippen molar-refractivity contribution >= 4 is 60.9 Å². The zero-order chi connectivity index (χ0) is 35.8. The Balaban J connectivity index is 1.49. The van der Waals surface area contributed by atoms with E-state index in [2.05, 4.69) is 10.3 Å². The smallest absolute Gasteiger partial charge is 0.408 e. The van der Waals surface area contributed by atoms with Gasteiger partial charge in [0.15, 0.2) is 9.84 Å². The van der Waals surface area contributed by atoms with Crippen LogP contribution in [0.2, 0.25) is 0 Å². The van der Waals surface area contributed by atoms with Crippen molar-refractivity contribution in [3.63, 3.8) is 0 Å². The first kappa shape index (κ1) is 35.8. The number of rotatable bonds is 14. The molecule has 1 atom stereocenters. The van der Waals surface area contributed by atoms with Crippen LogP contribution in [0.3, 0.4) is 0 Å². The Kier molecular flexibility index (Phi) is 11.3. The molecule has 0 aliphatic rings. The summed E-state index contributed by atoms with van der Waals surface area (Å²) in [5.41, 5.74) is 3.20. The lowest BCUT2D eigenvalue weighted by atomic mass is 10.0. The van der Waals surface area contributed by atoms with Gasteiger partial charge in [-0.15, -0.1) is 0 Å². The molecular formula is C38H39N3O8S. The van der Waals surface area contributed by atoms with Gasteiger partial charge < -0.3 is 19.8 Å². The van der Waals surface area contributed by atoms with Crippen LogP contribution in [-0.4, -0.2) is 61.7 Å². The van der Waals surface area contributed by atoms with E-state index in [0.29, 0.717) is 11.3 Å². The number of aromatic amines is 1. The number of anilines is 1. The van der Waals surface area contributed by atoms with E-state index in [1.807, 2.05) is 49.4 Å². The van der Waals surface area contributed by atoms with E-state index in [0.717, 1.165) is 37.8 Å². The van der Waals surface area contributed by atoms with E-state index in [4.69, 9.17) is 9.47 Å². The highest BCUT2D eigenvalue weighted by molar-refractivity contribution is 7.92. The first-order valence-electron chi connectivity index (χ1n) is 16.1. The molecule has 3 amide bonds. The van der Waals surface area contributed by atoms with Crippen LogP contribution in [-0.2, 0) is 42.0 Å². The molecule has 0 fully saturated rings. The SMILES string of the molecule is COc1ccc2[nH]c(C)c(CC(=O)N(C(=O)[C@H](CCCS(=O)(=O)CC(C)=O)NC(=O)OCc3ccccc3)c3ccc4ccccc4c3)c2c1. The first-order valence-corrected chi connectivity index (χ1v) is 17.9. The topological polar surface area (TPSA) is 152 Å². The monoisotopic (exact) mass is 697 g/mol. The third-order valence-electron chi connectivity index (χ3n) is 8.29. The molecule has 0 saturated carbocycles. The van der Waals surface area contributed by atoms with Crippen LogP contribution < -0.4 is 15.0 Å². The molecule has 0 radical (unpaired) electrons. The third-order valence-corrected chi connectivity index (χ3v) is 10.0. The lowest BCUT2D eigenvalue weighted by molar-refractivity contribution is -0.127. The van der Waals surface area contributed by atoms with Crippen molar-refractivity contribution in [3.05, 3.63) is 108 Å². The number of hydrogen-bond donors (Lipinski definition) is 2. The lowest BCUT2D eigenvalue weighted by Gasteiger charge is -2.27. The van der Waals surface area contributed by atoms with Crippen molar-refractivity contribution in [2.24, 2.45) is 0 Å². The fraction of sp³-hybridized carbons (Fsp3) is 0.263. The minimum absolute atomic E-state index is 0.0634. The molecule has 5 aromatic rings. The summed E-state index contributed by atoms with van der Waals surface area (Å²) in [6.07, 6.45) is -1.29. The highest BCUT2D eigenvalue weighted by atomic mass is 32.2. The Morgan fingerprint density at radius 2 is 1.62 bits per heavy atom. The Morgan fingerprint density at radius 3 is 2.34 bits per heavy atom. The lowest BCUT2D eigenvalue weighted by Crippen LogP contribution is -2.51. The van der Waals surface area contributed by atoms with E-state index >= 15 is 0 Å². The summed E-state index contributed by atoms with van der Waals surface area (Å²) in [6, 6.07) is 25.8. The van der Waals surface area contributed by atoms with Gasteiger partial charge in [0.2, 0.25) is 5.91 Å². The number of amides is 3. The van der Waals surface area contributed by atoms with Gasteiger partial charge in [0.05, 0.1) is 25.0 Å². The van der Waals surface area contributed by atoms with E-state index < -0.39 is 51.1 Å². The van der Waals surface area contributed by atoms with Gasteiger partial charge in [-0.3, -0.25) is 14.4 Å². The summed E-state index contributed by atoms with van der Waals surface area (Å²) in [5, 5.41) is 5.02. The number of nitrogens with zero attached hydrogens (tertiary/aromatic N) is 1. The second kappa shape index (κ2) is 15.8. The highest BCUT2D eigenvalue weighted by Gasteiger charge is 2.33. The number of hydrogen-bond acceptors (Lipinski definition) is 8. The molecular weight excluding hydrogens is 658 g/mol. The molecule has 0 aliphatic carbocycles. The summed E-state index contributed by atoms with van der Waals surface area (Å²) >= 11 is 0. The van der Waals surface area contributed by atoms with Crippen molar-refractivity contribution in [1.82, 2.24) is 10.3 Å². The summed E-state index contributed by atoms with van der Waals surface area (Å²) in [6.45, 7) is 2.95. The van der Waals surface area contributed by atoms with Gasteiger partial charge in [0.1, 0.15) is 29.9 Å². The Labute approximate surface area is 290 Å². The molecule has 1 aromatic heterocycles. The number of ether oxygens (including phenoxy) is 2. The molecule has 1 heterocycles. The number of Topliss-reactive ketones (excluding diaryl/α,β-unsaturated/α-hetero) is 1. The Morgan fingerprint density at radius 1 is 0.900 bits per heavy atom. The summed E-state index contributed by atoms with van der Waals surface area (Å²) in [7, 11) is -2.20. The van der Waals surface area contributed by atoms with Crippen LogP contribution in [0.25, 0.3) is 21.7 Å². The maximum absolute atomic E-state index is 14.5. The molecule has 2 N–H and O–H groups in total. The van der Waals surface area contributed by atoms with E-state index in [9.17, 15) is 27.6 Å². The van der Waals surface area contributed by atoms with Gasteiger partial charge in [-0.25, -0.2) is 18.1 Å². The number of ketones is 1. The molecule has 0 bridgehead atoms. The quantitative estimate of drug-likeness (QED) is 0.147. The number of alkyl carbamates (subject to hydrolysis) is 1. The van der Waals surface area contributed by atoms with Gasteiger partial charge in [-0.1, -0.05) is 60.7 Å². The number of H-pyrrole nitrogens is 1. The molecule has 260 valence electrons. The third kappa shape index (κ3) is 8.94. The maximum Gasteiger partial charge on any atom is 0.408 e. The molecule has 0 saturated heterocycles. The number of methoxy groups -OCH3 is 1. The molecule has 11 nitrogen and oxygen atoms in total. The molecule has 4 aromatic carbocycles. The summed E-state index contributed by atoms with van der Waals surface area (Å²) in [5.74, 6) is -2.25. The van der Waals surface area contributed by atoms with Gasteiger partial charge in [-0.05, 0) is 78.9 Å². The van der Waals surface area contributed by atoms with Crippen molar-refractivity contribution < 1.29 is 37.1 Å². The normalized spacial score (nSPS) is 12.0. The molecule has 0 aliphatic heterocycles. The number of sulfone groups is 1. The molecule has 5 rings (SSSR count). The van der Waals surface area contributed by atoms with Crippen LogP contribution in [0.15, 0.2) is 91.0 Å². The van der Waals surface area contributed by atoms with Crippen molar-refractivity contribution in [1.29, 1.82) is 0 Å². The standard InChI is InChI=1S/C38H39N3O8S/c1-25(42)24-50(46,47)19-9-14-35(40-38(45)49-23-27-10-5-4-6-11-27)37(44)41(30-16-15-28-12-7-8-13-29(28)20-30)36(43)22-32-26(2)39-34-18-17-31(48-3)21-33(32)34/h4-8,10-13,15-18,20-21,35,39H,9,14,19,22-24H2,1-3H3,(H,40,45)/t35-/m0/s1. The van der Waals surface area contributed by atoms with Crippen LogP contribution in [0, 0.1) is 6.92 Å². The number of fused-ring (bicyclic) bond motifs is 2. The van der Waals surface area contributed by atoms with Crippen LogP contribution >= 0.6 is 0 Å². The molecule has 0 spiro atoms. The van der Waals surface area contributed by atoms with Gasteiger partial charge in [0.25, 0.3) is 5.91 Å². The van der Waals surface area contributed by atoms with Crippen LogP contribution in [0.1, 0.15) is 36.6 Å². The average Bonchev–Trinajstić information content (AvgIpc) is 3.40. The number of benzene rings is 4. The second-order valence-corrected chi connectivity index (χ2v) is 14.3. The van der Waals surface area contributed by atoms with Gasteiger partial charge in [0, 0.05) is 16.6 Å². The van der Waals surface area contributed by atoms with E-state index in [1.165, 1.54) is 6.92 Å². The summed E-state index contributed by atoms with van der Waals surface area (Å²) in [4.78, 5) is 57.8. The first-order chi connectivity index (χ1) is 23.9. The van der Waals surface area contributed by atoms with Gasteiger partial charge in [-0.2, -0.15) is 0 Å².